The predicted octanol–water partition coefficient (Wildman–Crippen LogP) is 4.01. The molecule has 0 saturated heterocycles. The molecule has 0 aliphatic heterocycles. The number of amides is 1. The highest BCUT2D eigenvalue weighted by atomic mass is 35.5. The zero-order valence-electron chi connectivity index (χ0n) is 15.0. The number of benzene rings is 2. The lowest BCUT2D eigenvalue weighted by Crippen LogP contribution is -2.39. The van der Waals surface area contributed by atoms with E-state index in [1.165, 1.54) is 30.3 Å². The van der Waals surface area contributed by atoms with Crippen LogP contribution in [-0.2, 0) is 14.8 Å². The van der Waals surface area contributed by atoms with Gasteiger partial charge in [-0.1, -0.05) is 40.9 Å². The number of aryl methyl sites for hydroxylation is 1. The van der Waals surface area contributed by atoms with Crippen LogP contribution in [0.15, 0.2) is 52.5 Å². The molecule has 6 nitrogen and oxygen atoms in total. The topological polar surface area (TPSA) is 78.8 Å². The molecular weight excluding hydrogens is 409 g/mol. The number of hydrogen-bond donors (Lipinski definition) is 1. The molecule has 27 heavy (non-hydrogen) atoms. The Morgan fingerprint density at radius 3 is 2.15 bits per heavy atom. The molecule has 2 rings (SSSR count). The minimum atomic E-state index is -4.03. The van der Waals surface area contributed by atoms with Crippen molar-refractivity contribution in [2.24, 2.45) is 5.10 Å². The Hall–Kier alpha value is -2.09. The van der Waals surface area contributed by atoms with Gasteiger partial charge in [0.15, 0.2) is 0 Å². The summed E-state index contributed by atoms with van der Waals surface area (Å²) in [7, 11) is -4.03. The van der Waals surface area contributed by atoms with Crippen LogP contribution >= 0.6 is 23.2 Å². The number of nitrogens with one attached hydrogen (secondary N) is 1. The van der Waals surface area contributed by atoms with E-state index in [1.807, 2.05) is 6.92 Å². The van der Waals surface area contributed by atoms with E-state index in [0.29, 0.717) is 5.71 Å². The average molecular weight is 428 g/mol. The van der Waals surface area contributed by atoms with E-state index in [4.69, 9.17) is 23.2 Å². The highest BCUT2D eigenvalue weighted by Gasteiger charge is 2.27. The van der Waals surface area contributed by atoms with Gasteiger partial charge in [-0.05, 0) is 51.1 Å². The maximum atomic E-state index is 13.2. The molecular formula is C18H19Cl2N3O3S. The van der Waals surface area contributed by atoms with E-state index in [1.54, 1.807) is 26.0 Å². The van der Waals surface area contributed by atoms with Crippen molar-refractivity contribution < 1.29 is 13.2 Å². The molecule has 0 fully saturated rings. The smallest absolute Gasteiger partial charge is 0.264 e. The van der Waals surface area contributed by atoms with Crippen LogP contribution in [0.25, 0.3) is 0 Å². The summed E-state index contributed by atoms with van der Waals surface area (Å²) in [6, 6.07) is 10.7. The molecule has 1 amide bonds. The van der Waals surface area contributed by atoms with Crippen LogP contribution in [0.2, 0.25) is 10.0 Å². The van der Waals surface area contributed by atoms with Crippen molar-refractivity contribution in [3.8, 4) is 0 Å². The van der Waals surface area contributed by atoms with E-state index in [2.05, 4.69) is 10.5 Å². The largest absolute Gasteiger partial charge is 0.271 e. The SMILES string of the molecule is CC(C)=NNC(=O)CN(c1cc(Cl)cc(Cl)c1)S(=O)(=O)c1ccc(C)cc1. The van der Waals surface area contributed by atoms with Gasteiger partial charge in [0.25, 0.3) is 15.9 Å². The number of anilines is 1. The summed E-state index contributed by atoms with van der Waals surface area (Å²) in [4.78, 5) is 12.3. The lowest BCUT2D eigenvalue weighted by molar-refractivity contribution is -0.119. The number of rotatable bonds is 6. The molecule has 0 radical (unpaired) electrons. The average Bonchev–Trinajstić information content (AvgIpc) is 2.57. The Morgan fingerprint density at radius 1 is 1.07 bits per heavy atom. The molecule has 1 N–H and O–H groups in total. The van der Waals surface area contributed by atoms with Crippen molar-refractivity contribution in [2.45, 2.75) is 25.7 Å². The fourth-order valence-corrected chi connectivity index (χ4v) is 4.09. The van der Waals surface area contributed by atoms with Gasteiger partial charge in [-0.25, -0.2) is 13.8 Å². The van der Waals surface area contributed by atoms with Gasteiger partial charge in [0.1, 0.15) is 6.54 Å². The molecule has 0 heterocycles. The maximum Gasteiger partial charge on any atom is 0.264 e. The van der Waals surface area contributed by atoms with Crippen LogP contribution in [0, 0.1) is 6.92 Å². The van der Waals surface area contributed by atoms with Gasteiger partial charge in [-0.15, -0.1) is 0 Å². The maximum absolute atomic E-state index is 13.2. The summed E-state index contributed by atoms with van der Waals surface area (Å²) in [6.45, 7) is 4.78. The predicted molar refractivity (Wildman–Crippen MR) is 109 cm³/mol. The van der Waals surface area contributed by atoms with Gasteiger partial charge in [0.05, 0.1) is 10.6 Å². The molecule has 9 heteroatoms. The van der Waals surface area contributed by atoms with Gasteiger partial charge in [0.2, 0.25) is 0 Å². The van der Waals surface area contributed by atoms with Gasteiger partial charge in [-0.2, -0.15) is 5.10 Å². The van der Waals surface area contributed by atoms with E-state index >= 15 is 0 Å². The molecule has 2 aromatic carbocycles. The third-order valence-corrected chi connectivity index (χ3v) is 5.66. The highest BCUT2D eigenvalue weighted by molar-refractivity contribution is 7.92. The van der Waals surface area contributed by atoms with Crippen molar-refractivity contribution in [3.05, 3.63) is 58.1 Å². The monoisotopic (exact) mass is 427 g/mol. The number of carbonyl (C=O) groups excluding carboxylic acids is 1. The molecule has 0 saturated carbocycles. The first-order valence-corrected chi connectivity index (χ1v) is 10.1. The van der Waals surface area contributed by atoms with Crippen LogP contribution in [-0.4, -0.2) is 26.6 Å². The third kappa shape index (κ3) is 5.69. The number of carbonyl (C=O) groups is 1. The third-order valence-electron chi connectivity index (χ3n) is 3.44. The van der Waals surface area contributed by atoms with Crippen LogP contribution in [0.3, 0.4) is 0 Å². The summed E-state index contributed by atoms with van der Waals surface area (Å²) in [5, 5.41) is 4.32. The number of sulfonamides is 1. The number of hydrogen-bond acceptors (Lipinski definition) is 4. The summed E-state index contributed by atoms with van der Waals surface area (Å²) in [6.07, 6.45) is 0. The lowest BCUT2D eigenvalue weighted by Gasteiger charge is -2.24. The standard InChI is InChI=1S/C18H19Cl2N3O3S/c1-12(2)21-22-18(24)11-23(16-9-14(19)8-15(20)10-16)27(25,26)17-6-4-13(3)5-7-17/h4-10H,11H2,1-3H3,(H,22,24). The molecule has 2 aromatic rings. The second kappa shape index (κ2) is 8.73. The molecule has 0 aromatic heterocycles. The number of halogens is 2. The zero-order chi connectivity index (χ0) is 20.2. The Bertz CT molecular complexity index is 950. The summed E-state index contributed by atoms with van der Waals surface area (Å²) in [5.41, 5.74) is 4.04. The highest BCUT2D eigenvalue weighted by Crippen LogP contribution is 2.29. The number of nitrogens with zero attached hydrogens (tertiary/aromatic N) is 2. The Kier molecular flexibility index (Phi) is 6.86. The first-order valence-electron chi connectivity index (χ1n) is 7.95. The summed E-state index contributed by atoms with van der Waals surface area (Å²) >= 11 is 12.0. The van der Waals surface area contributed by atoms with E-state index in [0.717, 1.165) is 9.87 Å². The quantitative estimate of drug-likeness (QED) is 0.558. The van der Waals surface area contributed by atoms with Crippen molar-refractivity contribution in [2.75, 3.05) is 10.8 Å². The van der Waals surface area contributed by atoms with Crippen molar-refractivity contribution >= 4 is 50.5 Å². The van der Waals surface area contributed by atoms with Gasteiger partial charge >= 0.3 is 0 Å². The zero-order valence-corrected chi connectivity index (χ0v) is 17.4. The van der Waals surface area contributed by atoms with Crippen LogP contribution in [0.4, 0.5) is 5.69 Å². The van der Waals surface area contributed by atoms with Crippen molar-refractivity contribution in [1.82, 2.24) is 5.43 Å². The normalized spacial score (nSPS) is 11.0. The molecule has 0 atom stereocenters. The minimum absolute atomic E-state index is 0.0483. The molecule has 0 aliphatic carbocycles. The first kappa shape index (κ1) is 21.2. The lowest BCUT2D eigenvalue weighted by atomic mass is 10.2. The van der Waals surface area contributed by atoms with Gasteiger partial charge in [-0.3, -0.25) is 9.10 Å². The second-order valence-electron chi connectivity index (χ2n) is 6.05. The van der Waals surface area contributed by atoms with Crippen molar-refractivity contribution in [3.63, 3.8) is 0 Å². The van der Waals surface area contributed by atoms with Gasteiger partial charge in [0, 0.05) is 15.8 Å². The van der Waals surface area contributed by atoms with Crippen molar-refractivity contribution in [1.29, 1.82) is 0 Å². The summed E-state index contributed by atoms with van der Waals surface area (Å²) in [5.74, 6) is -0.594. The minimum Gasteiger partial charge on any atom is -0.271 e. The Labute approximate surface area is 168 Å². The summed E-state index contributed by atoms with van der Waals surface area (Å²) < 4.78 is 27.3. The van der Waals surface area contributed by atoms with Gasteiger partial charge < -0.3 is 0 Å². The van der Waals surface area contributed by atoms with Crippen LogP contribution < -0.4 is 9.73 Å². The Balaban J connectivity index is 2.49. The molecule has 0 aliphatic rings. The van der Waals surface area contributed by atoms with Crippen LogP contribution in [0.5, 0.6) is 0 Å². The van der Waals surface area contributed by atoms with E-state index < -0.39 is 22.5 Å². The molecule has 0 unspecified atom stereocenters. The van der Waals surface area contributed by atoms with E-state index in [-0.39, 0.29) is 20.6 Å². The Morgan fingerprint density at radius 2 is 1.63 bits per heavy atom. The number of hydrazone groups is 1. The fourth-order valence-electron chi connectivity index (χ4n) is 2.18. The first-order chi connectivity index (χ1) is 12.6. The fraction of sp³-hybridized carbons (Fsp3) is 0.222. The second-order valence-corrected chi connectivity index (χ2v) is 8.78. The van der Waals surface area contributed by atoms with E-state index in [9.17, 15) is 13.2 Å². The molecule has 0 spiro atoms. The molecule has 144 valence electrons. The molecule has 0 bridgehead atoms. The van der Waals surface area contributed by atoms with Crippen LogP contribution in [0.1, 0.15) is 19.4 Å².